The predicted molar refractivity (Wildman–Crippen MR) is 58.1 cm³/mol. The lowest BCUT2D eigenvalue weighted by molar-refractivity contribution is -0.128. The first-order chi connectivity index (χ1) is 7.15. The summed E-state index contributed by atoms with van der Waals surface area (Å²) in [5, 5.41) is 12.2. The highest BCUT2D eigenvalue weighted by Gasteiger charge is 2.26. The Labute approximate surface area is 91.2 Å². The summed E-state index contributed by atoms with van der Waals surface area (Å²) >= 11 is 0. The van der Waals surface area contributed by atoms with Crippen molar-refractivity contribution in [2.45, 2.75) is 31.7 Å². The third-order valence-electron chi connectivity index (χ3n) is 2.93. The molecule has 2 unspecified atom stereocenters. The Balaban J connectivity index is 2.20. The van der Waals surface area contributed by atoms with Gasteiger partial charge in [-0.15, -0.1) is 0 Å². The molecule has 0 saturated heterocycles. The average Bonchev–Trinajstić information content (AvgIpc) is 2.65. The molecule has 0 aromatic carbocycles. The van der Waals surface area contributed by atoms with Gasteiger partial charge < -0.3 is 10.2 Å². The highest BCUT2D eigenvalue weighted by molar-refractivity contribution is 5.75. The van der Waals surface area contributed by atoms with Crippen molar-refractivity contribution in [3.05, 3.63) is 0 Å². The summed E-state index contributed by atoms with van der Waals surface area (Å²) in [5.74, 6) is 0.272. The van der Waals surface area contributed by atoms with Crippen LogP contribution < -0.4 is 5.32 Å². The van der Waals surface area contributed by atoms with Gasteiger partial charge in [-0.1, -0.05) is 6.42 Å². The van der Waals surface area contributed by atoms with Gasteiger partial charge in [0.15, 0.2) is 0 Å². The molecular weight excluding hydrogens is 190 g/mol. The van der Waals surface area contributed by atoms with E-state index in [4.69, 9.17) is 5.26 Å². The Hall–Kier alpha value is -1.08. The normalized spacial score (nSPS) is 24.9. The number of amides is 1. The molecular formula is C11H19N3O. The standard InChI is InChI=1S/C11H19N3O/c1-14(2)11(15)6-7-13-10-5-3-4-9(10)8-12/h9-10,13H,3-7H2,1-2H3. The lowest BCUT2D eigenvalue weighted by Crippen LogP contribution is -2.35. The first kappa shape index (κ1) is 12.0. The van der Waals surface area contributed by atoms with Gasteiger partial charge in [0, 0.05) is 33.1 Å². The van der Waals surface area contributed by atoms with Crippen LogP contribution in [0.4, 0.5) is 0 Å². The second-order valence-corrected chi connectivity index (χ2v) is 4.27. The summed E-state index contributed by atoms with van der Waals surface area (Å²) in [6.07, 6.45) is 3.70. The van der Waals surface area contributed by atoms with Crippen LogP contribution in [0.3, 0.4) is 0 Å². The molecule has 1 aliphatic carbocycles. The van der Waals surface area contributed by atoms with Crippen LogP contribution in [0.25, 0.3) is 0 Å². The molecule has 1 saturated carbocycles. The molecule has 15 heavy (non-hydrogen) atoms. The molecule has 0 aromatic heterocycles. The van der Waals surface area contributed by atoms with Crippen molar-refractivity contribution in [1.82, 2.24) is 10.2 Å². The van der Waals surface area contributed by atoms with Gasteiger partial charge in [-0.05, 0) is 12.8 Å². The molecule has 84 valence electrons. The van der Waals surface area contributed by atoms with E-state index in [-0.39, 0.29) is 11.8 Å². The molecule has 0 aliphatic heterocycles. The molecule has 0 spiro atoms. The zero-order chi connectivity index (χ0) is 11.3. The maximum absolute atomic E-state index is 11.3. The van der Waals surface area contributed by atoms with Gasteiger partial charge in [-0.25, -0.2) is 0 Å². The van der Waals surface area contributed by atoms with E-state index in [0.717, 1.165) is 19.3 Å². The second kappa shape index (κ2) is 5.72. The quantitative estimate of drug-likeness (QED) is 0.743. The molecule has 0 bridgehead atoms. The van der Waals surface area contributed by atoms with Crippen molar-refractivity contribution < 1.29 is 4.79 Å². The number of nitriles is 1. The van der Waals surface area contributed by atoms with Crippen molar-refractivity contribution in [3.8, 4) is 6.07 Å². The third kappa shape index (κ3) is 3.52. The van der Waals surface area contributed by atoms with E-state index in [9.17, 15) is 4.79 Å². The molecule has 2 atom stereocenters. The van der Waals surface area contributed by atoms with Crippen LogP contribution in [0.2, 0.25) is 0 Å². The molecule has 1 N–H and O–H groups in total. The van der Waals surface area contributed by atoms with Crippen LogP contribution in [0, 0.1) is 17.2 Å². The number of nitrogens with one attached hydrogen (secondary N) is 1. The van der Waals surface area contributed by atoms with Crippen LogP contribution in [-0.2, 0) is 4.79 Å². The van der Waals surface area contributed by atoms with Crippen LogP contribution in [-0.4, -0.2) is 37.5 Å². The Morgan fingerprint density at radius 3 is 2.87 bits per heavy atom. The summed E-state index contributed by atoms with van der Waals surface area (Å²) in [7, 11) is 3.52. The summed E-state index contributed by atoms with van der Waals surface area (Å²) in [4.78, 5) is 12.9. The Bertz CT molecular complexity index is 257. The van der Waals surface area contributed by atoms with Gasteiger partial charge in [-0.3, -0.25) is 4.79 Å². The SMILES string of the molecule is CN(C)C(=O)CCNC1CCCC1C#N. The summed E-state index contributed by atoms with van der Waals surface area (Å²) < 4.78 is 0. The highest BCUT2D eigenvalue weighted by atomic mass is 16.2. The Morgan fingerprint density at radius 2 is 2.27 bits per heavy atom. The van der Waals surface area contributed by atoms with E-state index in [2.05, 4.69) is 11.4 Å². The number of carbonyl (C=O) groups excluding carboxylic acids is 1. The minimum Gasteiger partial charge on any atom is -0.349 e. The monoisotopic (exact) mass is 209 g/mol. The molecule has 4 heteroatoms. The van der Waals surface area contributed by atoms with Gasteiger partial charge in [0.25, 0.3) is 0 Å². The van der Waals surface area contributed by atoms with E-state index in [1.807, 2.05) is 0 Å². The zero-order valence-corrected chi connectivity index (χ0v) is 9.49. The number of hydrogen-bond donors (Lipinski definition) is 1. The molecule has 0 radical (unpaired) electrons. The van der Waals surface area contributed by atoms with Crippen molar-refractivity contribution in [2.24, 2.45) is 5.92 Å². The molecule has 1 aliphatic rings. The maximum Gasteiger partial charge on any atom is 0.223 e. The lowest BCUT2D eigenvalue weighted by Gasteiger charge is -2.16. The van der Waals surface area contributed by atoms with Crippen LogP contribution in [0.1, 0.15) is 25.7 Å². The molecule has 1 rings (SSSR count). The van der Waals surface area contributed by atoms with Gasteiger partial charge in [0.05, 0.1) is 12.0 Å². The largest absolute Gasteiger partial charge is 0.349 e. The lowest BCUT2D eigenvalue weighted by atomic mass is 10.1. The molecule has 0 heterocycles. The van der Waals surface area contributed by atoms with Gasteiger partial charge in [0.1, 0.15) is 0 Å². The topological polar surface area (TPSA) is 56.1 Å². The molecule has 0 aromatic rings. The average molecular weight is 209 g/mol. The minimum absolute atomic E-state index is 0.133. The number of nitrogens with zero attached hydrogens (tertiary/aromatic N) is 2. The number of hydrogen-bond acceptors (Lipinski definition) is 3. The van der Waals surface area contributed by atoms with Crippen molar-refractivity contribution in [2.75, 3.05) is 20.6 Å². The minimum atomic E-state index is 0.133. The molecule has 4 nitrogen and oxygen atoms in total. The summed E-state index contributed by atoms with van der Waals surface area (Å²) in [5.41, 5.74) is 0. The van der Waals surface area contributed by atoms with E-state index in [1.165, 1.54) is 0 Å². The zero-order valence-electron chi connectivity index (χ0n) is 9.49. The Kier molecular flexibility index (Phi) is 4.57. The van der Waals surface area contributed by atoms with Crippen LogP contribution in [0.5, 0.6) is 0 Å². The fraction of sp³-hybridized carbons (Fsp3) is 0.818. The summed E-state index contributed by atoms with van der Waals surface area (Å²) in [6, 6.07) is 2.61. The van der Waals surface area contributed by atoms with Crippen LogP contribution in [0.15, 0.2) is 0 Å². The van der Waals surface area contributed by atoms with Gasteiger partial charge >= 0.3 is 0 Å². The van der Waals surface area contributed by atoms with E-state index in [1.54, 1.807) is 19.0 Å². The Morgan fingerprint density at radius 1 is 1.53 bits per heavy atom. The fourth-order valence-electron chi connectivity index (χ4n) is 1.95. The first-order valence-corrected chi connectivity index (χ1v) is 5.48. The third-order valence-corrected chi connectivity index (χ3v) is 2.93. The van der Waals surface area contributed by atoms with E-state index in [0.29, 0.717) is 19.0 Å². The van der Waals surface area contributed by atoms with Crippen molar-refractivity contribution in [3.63, 3.8) is 0 Å². The highest BCUT2D eigenvalue weighted by Crippen LogP contribution is 2.24. The van der Waals surface area contributed by atoms with Crippen molar-refractivity contribution in [1.29, 1.82) is 5.26 Å². The number of rotatable bonds is 4. The van der Waals surface area contributed by atoms with Crippen LogP contribution >= 0.6 is 0 Å². The maximum atomic E-state index is 11.3. The van der Waals surface area contributed by atoms with Gasteiger partial charge in [0.2, 0.25) is 5.91 Å². The molecule has 1 fully saturated rings. The second-order valence-electron chi connectivity index (χ2n) is 4.27. The first-order valence-electron chi connectivity index (χ1n) is 5.48. The smallest absolute Gasteiger partial charge is 0.223 e. The predicted octanol–water partition coefficient (Wildman–Crippen LogP) is 0.747. The van der Waals surface area contributed by atoms with E-state index < -0.39 is 0 Å². The van der Waals surface area contributed by atoms with E-state index >= 15 is 0 Å². The van der Waals surface area contributed by atoms with Crippen molar-refractivity contribution >= 4 is 5.91 Å². The summed E-state index contributed by atoms with van der Waals surface area (Å²) in [6.45, 7) is 0.680. The molecule has 1 amide bonds. The van der Waals surface area contributed by atoms with Gasteiger partial charge in [-0.2, -0.15) is 5.26 Å². The fourth-order valence-corrected chi connectivity index (χ4v) is 1.95. The number of carbonyl (C=O) groups is 1.